The van der Waals surface area contributed by atoms with Crippen LogP contribution in [0.1, 0.15) is 33.1 Å². The summed E-state index contributed by atoms with van der Waals surface area (Å²) >= 11 is 7.58. The van der Waals surface area contributed by atoms with Gasteiger partial charge in [-0.25, -0.2) is 0 Å². The number of thiophene rings is 1. The van der Waals surface area contributed by atoms with Crippen molar-refractivity contribution in [3.05, 3.63) is 50.7 Å². The predicted molar refractivity (Wildman–Crippen MR) is 85.4 cm³/mol. The van der Waals surface area contributed by atoms with Crippen LogP contribution in [0.4, 0.5) is 5.69 Å². The Kier molecular flexibility index (Phi) is 4.35. The first-order valence-electron chi connectivity index (χ1n) is 6.28. The lowest BCUT2D eigenvalue weighted by Crippen LogP contribution is -2.29. The molecule has 0 bridgehead atoms. The second-order valence-electron chi connectivity index (χ2n) is 4.78. The molecule has 3 nitrogen and oxygen atoms in total. The Morgan fingerprint density at radius 2 is 2.05 bits per heavy atom. The fourth-order valence-electron chi connectivity index (χ4n) is 1.93. The van der Waals surface area contributed by atoms with Gasteiger partial charge in [-0.15, -0.1) is 11.3 Å². The van der Waals surface area contributed by atoms with E-state index in [0.717, 1.165) is 0 Å². The molecule has 1 aromatic carbocycles. The second kappa shape index (κ2) is 5.85. The van der Waals surface area contributed by atoms with Gasteiger partial charge in [0.1, 0.15) is 0 Å². The van der Waals surface area contributed by atoms with Crippen molar-refractivity contribution in [1.82, 2.24) is 4.90 Å². The molecule has 5 heteroatoms. The van der Waals surface area contributed by atoms with Crippen molar-refractivity contribution in [3.8, 4) is 0 Å². The summed E-state index contributed by atoms with van der Waals surface area (Å²) in [6.45, 7) is 4.07. The minimum atomic E-state index is -0.0630. The van der Waals surface area contributed by atoms with Crippen molar-refractivity contribution in [2.75, 3.05) is 12.8 Å². The molecule has 0 saturated carbocycles. The molecule has 1 aromatic heterocycles. The topological polar surface area (TPSA) is 46.3 Å². The Morgan fingerprint density at radius 1 is 1.35 bits per heavy atom. The number of rotatable bonds is 3. The van der Waals surface area contributed by atoms with Gasteiger partial charge < -0.3 is 10.6 Å². The van der Waals surface area contributed by atoms with Crippen molar-refractivity contribution in [1.29, 1.82) is 0 Å². The average Bonchev–Trinajstić information content (AvgIpc) is 2.86. The van der Waals surface area contributed by atoms with Crippen LogP contribution in [0.5, 0.6) is 0 Å². The van der Waals surface area contributed by atoms with E-state index < -0.39 is 0 Å². The van der Waals surface area contributed by atoms with Crippen molar-refractivity contribution < 1.29 is 4.79 Å². The highest BCUT2D eigenvalue weighted by Gasteiger charge is 2.20. The van der Waals surface area contributed by atoms with Crippen molar-refractivity contribution in [2.24, 2.45) is 0 Å². The number of amides is 1. The molecule has 0 aliphatic rings. The molecule has 0 radical (unpaired) electrons. The lowest BCUT2D eigenvalue weighted by atomic mass is 10.1. The Bertz CT molecular complexity index is 639. The van der Waals surface area contributed by atoms with E-state index in [9.17, 15) is 4.79 Å². The molecule has 1 heterocycles. The quantitative estimate of drug-likeness (QED) is 0.867. The number of halogens is 1. The summed E-state index contributed by atoms with van der Waals surface area (Å²) in [6.07, 6.45) is 0. The monoisotopic (exact) mass is 308 g/mol. The van der Waals surface area contributed by atoms with Gasteiger partial charge in [-0.3, -0.25) is 4.79 Å². The fourth-order valence-corrected chi connectivity index (χ4v) is 3.02. The van der Waals surface area contributed by atoms with Crippen LogP contribution in [0.25, 0.3) is 0 Å². The Morgan fingerprint density at radius 3 is 2.60 bits per heavy atom. The number of aryl methyl sites for hydroxylation is 1. The van der Waals surface area contributed by atoms with E-state index in [-0.39, 0.29) is 11.9 Å². The first-order chi connectivity index (χ1) is 9.40. The summed E-state index contributed by atoms with van der Waals surface area (Å²) in [5.41, 5.74) is 6.72. The Hall–Kier alpha value is -1.52. The molecule has 2 aromatic rings. The van der Waals surface area contributed by atoms with Crippen LogP contribution in [0.15, 0.2) is 30.3 Å². The van der Waals surface area contributed by atoms with Gasteiger partial charge in [0.25, 0.3) is 5.91 Å². The molecule has 1 unspecified atom stereocenters. The summed E-state index contributed by atoms with van der Waals surface area (Å²) in [6, 6.07) is 9.12. The van der Waals surface area contributed by atoms with E-state index in [2.05, 4.69) is 19.1 Å². The first-order valence-corrected chi connectivity index (χ1v) is 7.48. The average molecular weight is 309 g/mol. The third kappa shape index (κ3) is 2.97. The van der Waals surface area contributed by atoms with Crippen molar-refractivity contribution in [3.63, 3.8) is 0 Å². The molecule has 1 atom stereocenters. The van der Waals surface area contributed by atoms with E-state index in [1.54, 1.807) is 41.5 Å². The number of benzene rings is 1. The van der Waals surface area contributed by atoms with Crippen LogP contribution in [-0.2, 0) is 0 Å². The maximum atomic E-state index is 12.5. The maximum Gasteiger partial charge on any atom is 0.254 e. The molecule has 0 spiro atoms. The zero-order valence-electron chi connectivity index (χ0n) is 11.7. The molecule has 2 N–H and O–H groups in total. The molecule has 1 amide bonds. The number of anilines is 1. The van der Waals surface area contributed by atoms with E-state index >= 15 is 0 Å². The highest BCUT2D eigenvalue weighted by molar-refractivity contribution is 7.12. The number of nitrogens with zero attached hydrogens (tertiary/aromatic N) is 1. The molecule has 0 aliphatic heterocycles. The van der Waals surface area contributed by atoms with E-state index in [4.69, 9.17) is 17.3 Å². The van der Waals surface area contributed by atoms with Gasteiger partial charge in [0, 0.05) is 22.4 Å². The van der Waals surface area contributed by atoms with Gasteiger partial charge in [-0.2, -0.15) is 0 Å². The third-order valence-corrected chi connectivity index (χ3v) is 4.83. The predicted octanol–water partition coefficient (Wildman–Crippen LogP) is 4.13. The molecule has 106 valence electrons. The second-order valence-corrected chi connectivity index (χ2v) is 6.50. The molecule has 0 saturated heterocycles. The summed E-state index contributed by atoms with van der Waals surface area (Å²) in [5, 5.41) is 0.464. The zero-order chi connectivity index (χ0) is 14.9. The number of carbonyl (C=O) groups excluding carboxylic acids is 1. The maximum absolute atomic E-state index is 12.5. The van der Waals surface area contributed by atoms with Gasteiger partial charge in [0.15, 0.2) is 0 Å². The number of nitrogen functional groups attached to an aromatic ring is 1. The van der Waals surface area contributed by atoms with Crippen LogP contribution < -0.4 is 5.73 Å². The lowest BCUT2D eigenvalue weighted by Gasteiger charge is -2.24. The zero-order valence-corrected chi connectivity index (χ0v) is 13.3. The Balaban J connectivity index is 2.21. The van der Waals surface area contributed by atoms with Crippen LogP contribution >= 0.6 is 22.9 Å². The highest BCUT2D eigenvalue weighted by atomic mass is 35.5. The van der Waals surface area contributed by atoms with Gasteiger partial charge in [0.2, 0.25) is 0 Å². The number of nitrogens with two attached hydrogens (primary N) is 1. The van der Waals surface area contributed by atoms with Gasteiger partial charge in [0.05, 0.1) is 16.8 Å². The van der Waals surface area contributed by atoms with Gasteiger partial charge in [-0.1, -0.05) is 11.6 Å². The molecule has 20 heavy (non-hydrogen) atoms. The van der Waals surface area contributed by atoms with Crippen molar-refractivity contribution >= 4 is 34.5 Å². The van der Waals surface area contributed by atoms with Crippen molar-refractivity contribution in [2.45, 2.75) is 19.9 Å². The first kappa shape index (κ1) is 14.9. The minimum absolute atomic E-state index is 0.0260. The molecular formula is C15H17ClN2OS. The molecule has 2 rings (SSSR count). The normalized spacial score (nSPS) is 12.2. The SMILES string of the molecule is Cc1ccc(C(C)N(C)C(=O)c2ccc(Cl)c(N)c2)s1. The standard InChI is InChI=1S/C15H17ClN2OS/c1-9-4-7-14(20-9)10(2)18(3)15(19)11-5-6-12(16)13(17)8-11/h4-8,10H,17H2,1-3H3. The number of hydrogen-bond donors (Lipinski definition) is 1. The summed E-state index contributed by atoms with van der Waals surface area (Å²) in [4.78, 5) is 16.6. The molecular weight excluding hydrogens is 292 g/mol. The minimum Gasteiger partial charge on any atom is -0.398 e. The Labute approximate surface area is 128 Å². The van der Waals surface area contributed by atoms with Crippen LogP contribution in [0.2, 0.25) is 5.02 Å². The highest BCUT2D eigenvalue weighted by Crippen LogP contribution is 2.28. The van der Waals surface area contributed by atoms with Gasteiger partial charge in [-0.05, 0) is 44.2 Å². The summed E-state index contributed by atoms with van der Waals surface area (Å²) in [5.74, 6) is -0.0630. The van der Waals surface area contributed by atoms with E-state index in [1.807, 2.05) is 6.92 Å². The number of hydrogen-bond acceptors (Lipinski definition) is 3. The largest absolute Gasteiger partial charge is 0.398 e. The third-order valence-electron chi connectivity index (χ3n) is 3.32. The van der Waals surface area contributed by atoms with E-state index in [1.165, 1.54) is 9.75 Å². The fraction of sp³-hybridized carbons (Fsp3) is 0.267. The van der Waals surface area contributed by atoms with Crippen LogP contribution in [0.3, 0.4) is 0 Å². The van der Waals surface area contributed by atoms with Gasteiger partial charge >= 0.3 is 0 Å². The van der Waals surface area contributed by atoms with Crippen LogP contribution in [-0.4, -0.2) is 17.9 Å². The smallest absolute Gasteiger partial charge is 0.254 e. The molecule has 0 aliphatic carbocycles. The summed E-state index contributed by atoms with van der Waals surface area (Å²) in [7, 11) is 1.80. The number of carbonyl (C=O) groups is 1. The lowest BCUT2D eigenvalue weighted by molar-refractivity contribution is 0.0745. The van der Waals surface area contributed by atoms with Crippen LogP contribution in [0, 0.1) is 6.92 Å². The summed E-state index contributed by atoms with van der Waals surface area (Å²) < 4.78 is 0. The van der Waals surface area contributed by atoms with E-state index in [0.29, 0.717) is 16.3 Å². The molecule has 0 fully saturated rings.